The molecule has 114 valence electrons. The van der Waals surface area contributed by atoms with E-state index < -0.39 is 23.7 Å². The molecule has 0 fully saturated rings. The smallest absolute Gasteiger partial charge is 0.408 e. The Morgan fingerprint density at radius 2 is 2.05 bits per heavy atom. The van der Waals surface area contributed by atoms with Crippen LogP contribution in [0.2, 0.25) is 0 Å². The van der Waals surface area contributed by atoms with Crippen LogP contribution in [0, 0.1) is 0 Å². The van der Waals surface area contributed by atoms with Gasteiger partial charge in [-0.05, 0) is 26.8 Å². The van der Waals surface area contributed by atoms with Crippen LogP contribution in [-0.4, -0.2) is 29.6 Å². The third kappa shape index (κ3) is 3.56. The largest absolute Gasteiger partial charge is 0.479 e. The molecule has 1 heterocycles. The number of fused-ring (bicyclic) bond motifs is 1. The van der Waals surface area contributed by atoms with Crippen LogP contribution >= 0.6 is 0 Å². The van der Waals surface area contributed by atoms with Crippen molar-refractivity contribution in [3.8, 4) is 11.5 Å². The van der Waals surface area contributed by atoms with Gasteiger partial charge in [-0.25, -0.2) is 9.59 Å². The number of amides is 1. The second kappa shape index (κ2) is 5.51. The Bertz CT molecular complexity index is 563. The van der Waals surface area contributed by atoms with Crippen LogP contribution in [0.1, 0.15) is 32.4 Å². The molecule has 0 saturated carbocycles. The van der Waals surface area contributed by atoms with E-state index in [1.54, 1.807) is 39.0 Å². The number of aliphatic carboxylic acids is 1. The van der Waals surface area contributed by atoms with Gasteiger partial charge in [0.25, 0.3) is 0 Å². The molecule has 1 aromatic carbocycles. The maximum atomic E-state index is 11.8. The van der Waals surface area contributed by atoms with E-state index in [1.807, 2.05) is 0 Å². The van der Waals surface area contributed by atoms with Gasteiger partial charge in [-0.2, -0.15) is 0 Å². The molecule has 0 radical (unpaired) electrons. The van der Waals surface area contributed by atoms with Gasteiger partial charge in [0.2, 0.25) is 6.79 Å². The lowest BCUT2D eigenvalue weighted by molar-refractivity contribution is -0.139. The monoisotopic (exact) mass is 295 g/mol. The SMILES string of the molecule is CC(C)(C)OC(=O)NC(C(=O)O)c1cccc2c1OCO2. The van der Waals surface area contributed by atoms with E-state index in [4.69, 9.17) is 14.2 Å². The number of nitrogens with one attached hydrogen (secondary N) is 1. The summed E-state index contributed by atoms with van der Waals surface area (Å²) in [5, 5.41) is 11.7. The number of carboxylic acids is 1. The Kier molecular flexibility index (Phi) is 3.93. The number of benzene rings is 1. The zero-order valence-corrected chi connectivity index (χ0v) is 12.0. The highest BCUT2D eigenvalue weighted by Crippen LogP contribution is 2.38. The van der Waals surface area contributed by atoms with Crippen molar-refractivity contribution in [1.29, 1.82) is 0 Å². The average Bonchev–Trinajstić information content (AvgIpc) is 2.81. The molecule has 1 unspecified atom stereocenters. The predicted molar refractivity (Wildman–Crippen MR) is 72.3 cm³/mol. The summed E-state index contributed by atoms with van der Waals surface area (Å²) in [5.41, 5.74) is -0.408. The molecule has 0 aliphatic carbocycles. The zero-order chi connectivity index (χ0) is 15.6. The van der Waals surface area contributed by atoms with Crippen molar-refractivity contribution in [3.05, 3.63) is 23.8 Å². The lowest BCUT2D eigenvalue weighted by Crippen LogP contribution is -2.38. The molecule has 21 heavy (non-hydrogen) atoms. The third-order valence-corrected chi connectivity index (χ3v) is 2.65. The molecular formula is C14H17NO6. The second-order valence-corrected chi connectivity index (χ2v) is 5.50. The number of alkyl carbamates (subject to hydrolysis) is 1. The first-order valence-electron chi connectivity index (χ1n) is 6.39. The van der Waals surface area contributed by atoms with E-state index >= 15 is 0 Å². The fraction of sp³-hybridized carbons (Fsp3) is 0.429. The number of para-hydroxylation sites is 1. The molecule has 1 aliphatic heterocycles. The number of hydrogen-bond acceptors (Lipinski definition) is 5. The van der Waals surface area contributed by atoms with Gasteiger partial charge in [-0.15, -0.1) is 0 Å². The van der Waals surface area contributed by atoms with Crippen LogP contribution in [0.4, 0.5) is 4.79 Å². The Labute approximate surface area is 121 Å². The van der Waals surface area contributed by atoms with Crippen molar-refractivity contribution in [2.24, 2.45) is 0 Å². The Hall–Kier alpha value is -2.44. The highest BCUT2D eigenvalue weighted by Gasteiger charge is 2.30. The van der Waals surface area contributed by atoms with E-state index in [0.29, 0.717) is 17.1 Å². The first-order chi connectivity index (χ1) is 9.78. The van der Waals surface area contributed by atoms with Crippen molar-refractivity contribution in [3.63, 3.8) is 0 Å². The highest BCUT2D eigenvalue weighted by atomic mass is 16.7. The molecular weight excluding hydrogens is 278 g/mol. The summed E-state index contributed by atoms with van der Waals surface area (Å²) in [6, 6.07) is 3.58. The van der Waals surface area contributed by atoms with Gasteiger partial charge in [-0.1, -0.05) is 12.1 Å². The predicted octanol–water partition coefficient (Wildman–Crippen LogP) is 2.07. The Morgan fingerprint density at radius 3 is 2.67 bits per heavy atom. The minimum Gasteiger partial charge on any atom is -0.479 e. The Balaban J connectivity index is 2.23. The van der Waals surface area contributed by atoms with E-state index in [9.17, 15) is 14.7 Å². The topological polar surface area (TPSA) is 94.1 Å². The molecule has 7 nitrogen and oxygen atoms in total. The maximum absolute atomic E-state index is 11.8. The summed E-state index contributed by atoms with van der Waals surface area (Å²) in [7, 11) is 0. The number of carbonyl (C=O) groups is 2. The minimum absolute atomic E-state index is 0.0190. The van der Waals surface area contributed by atoms with Crippen LogP contribution in [-0.2, 0) is 9.53 Å². The zero-order valence-electron chi connectivity index (χ0n) is 12.0. The van der Waals surface area contributed by atoms with Gasteiger partial charge in [0, 0.05) is 5.56 Å². The molecule has 2 rings (SSSR count). The molecule has 0 bridgehead atoms. The second-order valence-electron chi connectivity index (χ2n) is 5.50. The van der Waals surface area contributed by atoms with Crippen molar-refractivity contribution in [2.45, 2.75) is 32.4 Å². The number of carbonyl (C=O) groups excluding carboxylic acids is 1. The summed E-state index contributed by atoms with van der Waals surface area (Å²) in [6.07, 6.45) is -0.814. The van der Waals surface area contributed by atoms with Crippen LogP contribution in [0.15, 0.2) is 18.2 Å². The van der Waals surface area contributed by atoms with Crippen LogP contribution in [0.3, 0.4) is 0 Å². The van der Waals surface area contributed by atoms with Crippen LogP contribution < -0.4 is 14.8 Å². The summed E-state index contributed by atoms with van der Waals surface area (Å²) >= 11 is 0. The van der Waals surface area contributed by atoms with Crippen LogP contribution in [0.25, 0.3) is 0 Å². The molecule has 7 heteroatoms. The summed E-state index contributed by atoms with van der Waals surface area (Å²) < 4.78 is 15.5. The van der Waals surface area contributed by atoms with Gasteiger partial charge in [0.05, 0.1) is 0 Å². The van der Waals surface area contributed by atoms with E-state index in [2.05, 4.69) is 5.32 Å². The fourth-order valence-electron chi connectivity index (χ4n) is 1.88. The molecule has 1 aromatic rings. The van der Waals surface area contributed by atoms with Crippen molar-refractivity contribution < 1.29 is 28.9 Å². The Morgan fingerprint density at radius 1 is 1.33 bits per heavy atom. The van der Waals surface area contributed by atoms with E-state index in [0.717, 1.165) is 0 Å². The molecule has 2 N–H and O–H groups in total. The summed E-state index contributed by atoms with van der Waals surface area (Å²) in [4.78, 5) is 23.2. The number of rotatable bonds is 3. The highest BCUT2D eigenvalue weighted by molar-refractivity contribution is 5.82. The van der Waals surface area contributed by atoms with Crippen molar-refractivity contribution >= 4 is 12.1 Å². The minimum atomic E-state index is -1.28. The quantitative estimate of drug-likeness (QED) is 0.886. The van der Waals surface area contributed by atoms with Crippen molar-refractivity contribution in [2.75, 3.05) is 6.79 Å². The molecule has 1 atom stereocenters. The molecule has 1 amide bonds. The van der Waals surface area contributed by atoms with Gasteiger partial charge in [-0.3, -0.25) is 0 Å². The van der Waals surface area contributed by atoms with Gasteiger partial charge >= 0.3 is 12.1 Å². The molecule has 0 saturated heterocycles. The maximum Gasteiger partial charge on any atom is 0.408 e. The van der Waals surface area contributed by atoms with E-state index in [-0.39, 0.29) is 6.79 Å². The van der Waals surface area contributed by atoms with E-state index in [1.165, 1.54) is 0 Å². The standard InChI is InChI=1S/C14H17NO6/c1-14(2,3)21-13(18)15-10(12(16)17)8-5-4-6-9-11(8)20-7-19-9/h4-6,10H,7H2,1-3H3,(H,15,18)(H,16,17). The number of hydrogen-bond donors (Lipinski definition) is 2. The fourth-order valence-corrected chi connectivity index (χ4v) is 1.88. The summed E-state index contributed by atoms with van der Waals surface area (Å²) in [5.74, 6) is -0.449. The van der Waals surface area contributed by atoms with Gasteiger partial charge in [0.1, 0.15) is 5.60 Å². The molecule has 0 aromatic heterocycles. The molecule has 0 spiro atoms. The van der Waals surface area contributed by atoms with Crippen molar-refractivity contribution in [1.82, 2.24) is 5.32 Å². The van der Waals surface area contributed by atoms with Gasteiger partial charge in [0.15, 0.2) is 17.5 Å². The normalized spacial score (nSPS) is 14.4. The lowest BCUT2D eigenvalue weighted by atomic mass is 10.1. The molecule has 1 aliphatic rings. The van der Waals surface area contributed by atoms with Gasteiger partial charge < -0.3 is 24.6 Å². The summed E-state index contributed by atoms with van der Waals surface area (Å²) in [6.45, 7) is 5.10. The third-order valence-electron chi connectivity index (χ3n) is 2.65. The lowest BCUT2D eigenvalue weighted by Gasteiger charge is -2.22. The van der Waals surface area contributed by atoms with Crippen LogP contribution in [0.5, 0.6) is 11.5 Å². The number of carboxylic acid groups (broad SMARTS) is 1. The average molecular weight is 295 g/mol. The number of ether oxygens (including phenoxy) is 3. The first-order valence-corrected chi connectivity index (χ1v) is 6.39. The first kappa shape index (κ1) is 15.0.